The van der Waals surface area contributed by atoms with Gasteiger partial charge in [0.1, 0.15) is 0 Å². The number of hydrogen-bond acceptors (Lipinski definition) is 4. The fourth-order valence-electron chi connectivity index (χ4n) is 2.40. The van der Waals surface area contributed by atoms with E-state index in [-0.39, 0.29) is 12.1 Å². The van der Waals surface area contributed by atoms with Gasteiger partial charge in [0, 0.05) is 23.0 Å². The third-order valence-electron chi connectivity index (χ3n) is 3.53. The van der Waals surface area contributed by atoms with E-state index < -0.39 is 0 Å². The van der Waals surface area contributed by atoms with Crippen molar-refractivity contribution in [3.63, 3.8) is 0 Å². The van der Waals surface area contributed by atoms with Crippen molar-refractivity contribution in [3.05, 3.63) is 46.0 Å². The molecule has 0 radical (unpaired) electrons. The SMILES string of the molecule is CCC(N)C(c1sccc1C)N(C)Cc1ccoc1. The summed E-state index contributed by atoms with van der Waals surface area (Å²) in [6.45, 7) is 5.16. The van der Waals surface area contributed by atoms with Crippen molar-refractivity contribution >= 4 is 11.3 Å². The van der Waals surface area contributed by atoms with Crippen molar-refractivity contribution in [1.82, 2.24) is 4.90 Å². The summed E-state index contributed by atoms with van der Waals surface area (Å²) < 4.78 is 5.14. The van der Waals surface area contributed by atoms with Crippen molar-refractivity contribution in [3.8, 4) is 0 Å². The Morgan fingerprint density at radius 3 is 2.74 bits per heavy atom. The number of nitrogens with zero attached hydrogens (tertiary/aromatic N) is 1. The first-order valence-electron chi connectivity index (χ1n) is 6.64. The number of thiophene rings is 1. The molecule has 0 aromatic carbocycles. The minimum absolute atomic E-state index is 0.147. The van der Waals surface area contributed by atoms with Gasteiger partial charge < -0.3 is 10.2 Å². The first-order valence-corrected chi connectivity index (χ1v) is 7.52. The lowest BCUT2D eigenvalue weighted by atomic mass is 10.0. The molecule has 0 aliphatic carbocycles. The molecule has 0 aliphatic heterocycles. The van der Waals surface area contributed by atoms with Crippen molar-refractivity contribution in [1.29, 1.82) is 0 Å². The normalized spacial score (nSPS) is 14.8. The van der Waals surface area contributed by atoms with Gasteiger partial charge in [-0.3, -0.25) is 4.90 Å². The molecule has 2 heterocycles. The average Bonchev–Trinajstić information content (AvgIpc) is 3.02. The second-order valence-electron chi connectivity index (χ2n) is 5.03. The van der Waals surface area contributed by atoms with E-state index in [9.17, 15) is 0 Å². The van der Waals surface area contributed by atoms with Gasteiger partial charge in [0.05, 0.1) is 18.6 Å². The lowest BCUT2D eigenvalue weighted by Gasteiger charge is -2.32. The number of likely N-dealkylation sites (N-methyl/N-ethyl adjacent to an activating group) is 1. The molecule has 4 heteroatoms. The topological polar surface area (TPSA) is 42.4 Å². The van der Waals surface area contributed by atoms with Crippen LogP contribution >= 0.6 is 11.3 Å². The van der Waals surface area contributed by atoms with Crippen LogP contribution in [-0.4, -0.2) is 18.0 Å². The van der Waals surface area contributed by atoms with Gasteiger partial charge >= 0.3 is 0 Å². The average molecular weight is 278 g/mol. The minimum Gasteiger partial charge on any atom is -0.472 e. The van der Waals surface area contributed by atoms with Crippen molar-refractivity contribution in [2.45, 2.75) is 38.9 Å². The van der Waals surface area contributed by atoms with Crippen LogP contribution in [0.3, 0.4) is 0 Å². The third-order valence-corrected chi connectivity index (χ3v) is 4.62. The first-order chi connectivity index (χ1) is 9.13. The number of hydrogen-bond donors (Lipinski definition) is 1. The fourth-order valence-corrected chi connectivity index (χ4v) is 3.57. The van der Waals surface area contributed by atoms with Crippen molar-refractivity contribution in [2.75, 3.05) is 7.05 Å². The smallest absolute Gasteiger partial charge is 0.0947 e. The van der Waals surface area contributed by atoms with Crippen molar-refractivity contribution in [2.24, 2.45) is 5.73 Å². The molecular weight excluding hydrogens is 256 g/mol. The predicted octanol–water partition coefficient (Wildman–Crippen LogP) is 3.56. The van der Waals surface area contributed by atoms with Gasteiger partial charge in [-0.15, -0.1) is 11.3 Å². The first kappa shape index (κ1) is 14.3. The lowest BCUT2D eigenvalue weighted by Crippen LogP contribution is -2.38. The predicted molar refractivity (Wildman–Crippen MR) is 80.2 cm³/mol. The highest BCUT2D eigenvalue weighted by Crippen LogP contribution is 2.31. The van der Waals surface area contributed by atoms with E-state index in [4.69, 9.17) is 10.2 Å². The Hall–Kier alpha value is -1.10. The second kappa shape index (κ2) is 6.37. The van der Waals surface area contributed by atoms with Gasteiger partial charge in [-0.25, -0.2) is 0 Å². The Morgan fingerprint density at radius 2 is 2.21 bits per heavy atom. The monoisotopic (exact) mass is 278 g/mol. The Labute approximate surface area is 119 Å². The minimum atomic E-state index is 0.147. The van der Waals surface area contributed by atoms with Crippen molar-refractivity contribution < 1.29 is 4.42 Å². The van der Waals surface area contributed by atoms with Crippen LogP contribution in [0.5, 0.6) is 0 Å². The van der Waals surface area contributed by atoms with E-state index >= 15 is 0 Å². The van der Waals surface area contributed by atoms with E-state index in [1.807, 2.05) is 6.07 Å². The zero-order chi connectivity index (χ0) is 13.8. The van der Waals surface area contributed by atoms with Crippen LogP contribution in [0.2, 0.25) is 0 Å². The van der Waals surface area contributed by atoms with Gasteiger partial charge in [0.2, 0.25) is 0 Å². The maximum atomic E-state index is 6.35. The lowest BCUT2D eigenvalue weighted by molar-refractivity contribution is 0.204. The molecule has 2 atom stereocenters. The Bertz CT molecular complexity index is 492. The Balaban J connectivity index is 2.20. The van der Waals surface area contributed by atoms with E-state index in [1.54, 1.807) is 23.9 Å². The molecule has 0 amide bonds. The highest BCUT2D eigenvalue weighted by molar-refractivity contribution is 7.10. The molecule has 104 valence electrons. The van der Waals surface area contributed by atoms with Crippen LogP contribution in [0.1, 0.15) is 35.4 Å². The van der Waals surface area contributed by atoms with Crippen LogP contribution in [-0.2, 0) is 6.54 Å². The molecule has 0 aliphatic rings. The summed E-state index contributed by atoms with van der Waals surface area (Å²) in [5.74, 6) is 0. The number of furan rings is 1. The summed E-state index contributed by atoms with van der Waals surface area (Å²) in [6, 6.07) is 4.59. The zero-order valence-electron chi connectivity index (χ0n) is 11.8. The Morgan fingerprint density at radius 1 is 1.42 bits per heavy atom. The third kappa shape index (κ3) is 3.26. The molecule has 2 unspecified atom stereocenters. The summed E-state index contributed by atoms with van der Waals surface area (Å²) >= 11 is 1.80. The molecule has 2 N–H and O–H groups in total. The maximum Gasteiger partial charge on any atom is 0.0947 e. The quantitative estimate of drug-likeness (QED) is 0.878. The molecule has 19 heavy (non-hydrogen) atoms. The number of aryl methyl sites for hydroxylation is 1. The van der Waals surface area contributed by atoms with Crippen LogP contribution < -0.4 is 5.73 Å². The van der Waals surface area contributed by atoms with Gasteiger partial charge in [-0.05, 0) is 43.5 Å². The van der Waals surface area contributed by atoms with E-state index in [1.165, 1.54) is 16.0 Å². The molecule has 0 fully saturated rings. The molecule has 0 bridgehead atoms. The van der Waals surface area contributed by atoms with Gasteiger partial charge in [-0.2, -0.15) is 0 Å². The summed E-state index contributed by atoms with van der Waals surface area (Å²) in [7, 11) is 2.13. The van der Waals surface area contributed by atoms with Crippen LogP contribution in [0, 0.1) is 6.92 Å². The number of rotatable bonds is 6. The van der Waals surface area contributed by atoms with Gasteiger partial charge in [-0.1, -0.05) is 6.92 Å². The summed E-state index contributed by atoms with van der Waals surface area (Å²) in [5, 5.41) is 2.14. The van der Waals surface area contributed by atoms with Gasteiger partial charge in [0.25, 0.3) is 0 Å². The fraction of sp³-hybridized carbons (Fsp3) is 0.467. The molecular formula is C15H22N2OS. The van der Waals surface area contributed by atoms with Gasteiger partial charge in [0.15, 0.2) is 0 Å². The standard InChI is InChI=1S/C15H22N2OS/c1-4-13(16)14(15-11(2)6-8-19-15)17(3)9-12-5-7-18-10-12/h5-8,10,13-14H,4,9,16H2,1-3H3. The number of nitrogens with two attached hydrogens (primary N) is 1. The summed E-state index contributed by atoms with van der Waals surface area (Å²) in [5.41, 5.74) is 8.87. The van der Waals surface area contributed by atoms with Crippen LogP contribution in [0.4, 0.5) is 0 Å². The molecule has 0 saturated heterocycles. The highest BCUT2D eigenvalue weighted by atomic mass is 32.1. The van der Waals surface area contributed by atoms with E-state index in [0.717, 1.165) is 13.0 Å². The molecule has 2 aromatic heterocycles. The molecule has 0 spiro atoms. The van der Waals surface area contributed by atoms with Crippen LogP contribution in [0.25, 0.3) is 0 Å². The van der Waals surface area contributed by atoms with Crippen LogP contribution in [0.15, 0.2) is 34.5 Å². The summed E-state index contributed by atoms with van der Waals surface area (Å²) in [6.07, 6.45) is 4.48. The van der Waals surface area contributed by atoms with E-state index in [0.29, 0.717) is 0 Å². The maximum absolute atomic E-state index is 6.35. The highest BCUT2D eigenvalue weighted by Gasteiger charge is 2.25. The Kier molecular flexibility index (Phi) is 4.80. The van der Waals surface area contributed by atoms with E-state index in [2.05, 4.69) is 37.2 Å². The largest absolute Gasteiger partial charge is 0.472 e. The summed E-state index contributed by atoms with van der Waals surface area (Å²) in [4.78, 5) is 3.69. The molecule has 2 aromatic rings. The second-order valence-corrected chi connectivity index (χ2v) is 5.98. The molecule has 2 rings (SSSR count). The molecule has 0 saturated carbocycles. The molecule has 3 nitrogen and oxygen atoms in total. The zero-order valence-corrected chi connectivity index (χ0v) is 12.6.